The summed E-state index contributed by atoms with van der Waals surface area (Å²) in [6, 6.07) is 27.1. The maximum Gasteiger partial charge on any atom is 0.226 e. The second kappa shape index (κ2) is 7.32. The number of para-hydroxylation sites is 1. The largest absolute Gasteiger partial charge is 0.480 e. The van der Waals surface area contributed by atoms with Gasteiger partial charge in [0.25, 0.3) is 0 Å². The van der Waals surface area contributed by atoms with Gasteiger partial charge in [0.05, 0.1) is 5.70 Å². The summed E-state index contributed by atoms with van der Waals surface area (Å²) in [5.41, 5.74) is 5.50. The van der Waals surface area contributed by atoms with E-state index in [0.717, 1.165) is 39.7 Å². The SMILES string of the molecule is CSc1ccc([C@H]2Oc3ccccc3C3=C2[C@@H](c2ccccc2)n2ncnc2N3)cc1. The van der Waals surface area contributed by atoms with Crippen molar-refractivity contribution in [2.75, 3.05) is 11.6 Å². The molecule has 0 bridgehead atoms. The van der Waals surface area contributed by atoms with E-state index < -0.39 is 0 Å². The molecule has 3 aromatic carbocycles. The third-order valence-corrected chi connectivity index (χ3v) is 6.60. The zero-order valence-electron chi connectivity index (χ0n) is 16.9. The van der Waals surface area contributed by atoms with Crippen LogP contribution in [0.25, 0.3) is 5.70 Å². The Morgan fingerprint density at radius 3 is 2.48 bits per heavy atom. The molecule has 152 valence electrons. The fraction of sp³-hybridized carbons (Fsp3) is 0.120. The molecule has 0 saturated heterocycles. The Morgan fingerprint density at radius 1 is 0.903 bits per heavy atom. The van der Waals surface area contributed by atoms with Crippen molar-refractivity contribution in [1.29, 1.82) is 0 Å². The smallest absolute Gasteiger partial charge is 0.226 e. The number of fused-ring (bicyclic) bond motifs is 3. The lowest BCUT2D eigenvalue weighted by Gasteiger charge is -2.39. The Bertz CT molecular complexity index is 1280. The highest BCUT2D eigenvalue weighted by Gasteiger charge is 2.40. The maximum absolute atomic E-state index is 6.64. The molecule has 4 aromatic rings. The van der Waals surface area contributed by atoms with Crippen LogP contribution in [0.4, 0.5) is 5.95 Å². The zero-order chi connectivity index (χ0) is 20.8. The highest BCUT2D eigenvalue weighted by Crippen LogP contribution is 2.50. The van der Waals surface area contributed by atoms with E-state index in [0.29, 0.717) is 0 Å². The van der Waals surface area contributed by atoms with Gasteiger partial charge in [-0.3, -0.25) is 0 Å². The molecule has 0 saturated carbocycles. The van der Waals surface area contributed by atoms with Crippen molar-refractivity contribution in [3.8, 4) is 5.75 Å². The normalized spacial score (nSPS) is 19.0. The van der Waals surface area contributed by atoms with E-state index in [1.807, 2.05) is 28.9 Å². The second-order valence-electron chi connectivity index (χ2n) is 7.56. The standard InChI is InChI=1S/C25H20N4OS/c1-31-18-13-11-17(12-14-18)24-21-22(19-9-5-6-10-20(19)30-24)28-25-26-15-27-29(25)23(21)16-7-3-2-4-8-16/h2-15,23-24H,1H3,(H,26,27,28)/t23-,24-/m1/s1. The van der Waals surface area contributed by atoms with E-state index in [-0.39, 0.29) is 12.1 Å². The number of benzene rings is 3. The lowest BCUT2D eigenvalue weighted by Crippen LogP contribution is -2.32. The van der Waals surface area contributed by atoms with Crippen molar-refractivity contribution in [1.82, 2.24) is 14.8 Å². The molecule has 2 aliphatic heterocycles. The van der Waals surface area contributed by atoms with Crippen molar-refractivity contribution >= 4 is 23.4 Å². The summed E-state index contributed by atoms with van der Waals surface area (Å²) in [5.74, 6) is 1.60. The van der Waals surface area contributed by atoms with E-state index in [9.17, 15) is 0 Å². The van der Waals surface area contributed by atoms with Gasteiger partial charge >= 0.3 is 0 Å². The number of anilines is 1. The Labute approximate surface area is 184 Å². The van der Waals surface area contributed by atoms with Crippen LogP contribution in [-0.2, 0) is 0 Å². The van der Waals surface area contributed by atoms with E-state index in [1.54, 1.807) is 18.1 Å². The van der Waals surface area contributed by atoms with Crippen LogP contribution < -0.4 is 10.1 Å². The summed E-state index contributed by atoms with van der Waals surface area (Å²) in [4.78, 5) is 5.71. The van der Waals surface area contributed by atoms with Crippen molar-refractivity contribution in [2.45, 2.75) is 17.0 Å². The van der Waals surface area contributed by atoms with Gasteiger partial charge in [-0.2, -0.15) is 10.1 Å². The van der Waals surface area contributed by atoms with Gasteiger partial charge in [0, 0.05) is 16.0 Å². The number of aromatic nitrogens is 3. The highest BCUT2D eigenvalue weighted by molar-refractivity contribution is 7.98. The predicted molar refractivity (Wildman–Crippen MR) is 123 cm³/mol. The summed E-state index contributed by atoms with van der Waals surface area (Å²) in [5, 5.41) is 8.11. The number of rotatable bonds is 3. The van der Waals surface area contributed by atoms with Crippen LogP contribution in [-0.4, -0.2) is 21.0 Å². The van der Waals surface area contributed by atoms with Crippen molar-refractivity contribution in [3.05, 3.63) is 107 Å². The molecular formula is C25H20N4OS. The van der Waals surface area contributed by atoms with Crippen LogP contribution in [0.3, 0.4) is 0 Å². The number of ether oxygens (including phenoxy) is 1. The van der Waals surface area contributed by atoms with Crippen molar-refractivity contribution in [2.24, 2.45) is 0 Å². The third-order valence-electron chi connectivity index (χ3n) is 5.86. The van der Waals surface area contributed by atoms with Gasteiger partial charge < -0.3 is 10.1 Å². The average molecular weight is 425 g/mol. The van der Waals surface area contributed by atoms with Crippen molar-refractivity contribution in [3.63, 3.8) is 0 Å². The Kier molecular flexibility index (Phi) is 4.32. The fourth-order valence-corrected chi connectivity index (χ4v) is 4.84. The van der Waals surface area contributed by atoms with Gasteiger partial charge in [-0.05, 0) is 41.6 Å². The molecule has 0 radical (unpaired) electrons. The fourth-order valence-electron chi connectivity index (χ4n) is 4.43. The molecule has 2 atom stereocenters. The van der Waals surface area contributed by atoms with Crippen LogP contribution in [0.5, 0.6) is 5.75 Å². The molecule has 0 amide bonds. The number of hydrogen-bond donors (Lipinski definition) is 1. The predicted octanol–water partition coefficient (Wildman–Crippen LogP) is 5.56. The van der Waals surface area contributed by atoms with Crippen LogP contribution in [0, 0.1) is 0 Å². The molecule has 0 unspecified atom stereocenters. The van der Waals surface area contributed by atoms with E-state index in [2.05, 4.69) is 76.3 Å². The van der Waals surface area contributed by atoms with E-state index >= 15 is 0 Å². The molecule has 0 spiro atoms. The quantitative estimate of drug-likeness (QED) is 0.437. The van der Waals surface area contributed by atoms with Gasteiger partial charge in [-0.25, -0.2) is 4.68 Å². The van der Waals surface area contributed by atoms with Crippen LogP contribution >= 0.6 is 11.8 Å². The molecule has 1 N–H and O–H groups in total. The first-order valence-corrected chi connectivity index (χ1v) is 11.4. The lowest BCUT2D eigenvalue weighted by molar-refractivity contribution is 0.223. The molecule has 0 fully saturated rings. The minimum absolute atomic E-state index is 0.117. The van der Waals surface area contributed by atoms with Crippen LogP contribution in [0.15, 0.2) is 95.7 Å². The molecule has 5 nitrogen and oxygen atoms in total. The van der Waals surface area contributed by atoms with Gasteiger partial charge in [0.2, 0.25) is 5.95 Å². The van der Waals surface area contributed by atoms with E-state index in [4.69, 9.17) is 4.74 Å². The van der Waals surface area contributed by atoms with Crippen LogP contribution in [0.1, 0.15) is 28.8 Å². The number of nitrogens with one attached hydrogen (secondary N) is 1. The van der Waals surface area contributed by atoms with Gasteiger partial charge in [0.1, 0.15) is 24.2 Å². The molecular weight excluding hydrogens is 404 g/mol. The second-order valence-corrected chi connectivity index (χ2v) is 8.44. The maximum atomic E-state index is 6.64. The van der Waals surface area contributed by atoms with Gasteiger partial charge in [0.15, 0.2) is 0 Å². The number of thioether (sulfide) groups is 1. The summed E-state index contributed by atoms with van der Waals surface area (Å²) >= 11 is 1.74. The molecule has 31 heavy (non-hydrogen) atoms. The van der Waals surface area contributed by atoms with Gasteiger partial charge in [-0.15, -0.1) is 11.8 Å². The monoisotopic (exact) mass is 424 g/mol. The number of nitrogens with zero attached hydrogens (tertiary/aromatic N) is 3. The summed E-state index contributed by atoms with van der Waals surface area (Å²) in [6.45, 7) is 0. The number of hydrogen-bond acceptors (Lipinski definition) is 5. The summed E-state index contributed by atoms with van der Waals surface area (Å²) < 4.78 is 8.59. The zero-order valence-corrected chi connectivity index (χ0v) is 17.7. The third kappa shape index (κ3) is 2.94. The molecule has 6 rings (SSSR count). The first-order valence-electron chi connectivity index (χ1n) is 10.2. The summed E-state index contributed by atoms with van der Waals surface area (Å²) in [6.07, 6.45) is 3.45. The molecule has 6 heteroatoms. The molecule has 2 aliphatic rings. The average Bonchev–Trinajstić information content (AvgIpc) is 3.31. The Balaban J connectivity index is 1.60. The molecule has 0 aliphatic carbocycles. The lowest BCUT2D eigenvalue weighted by atomic mass is 9.84. The van der Waals surface area contributed by atoms with Crippen LogP contribution in [0.2, 0.25) is 0 Å². The first-order chi connectivity index (χ1) is 15.3. The Hall–Kier alpha value is -3.51. The summed E-state index contributed by atoms with van der Waals surface area (Å²) in [7, 11) is 0. The molecule has 3 heterocycles. The van der Waals surface area contributed by atoms with E-state index in [1.165, 1.54) is 4.90 Å². The molecule has 1 aromatic heterocycles. The minimum atomic E-state index is -0.240. The Morgan fingerprint density at radius 2 is 1.68 bits per heavy atom. The minimum Gasteiger partial charge on any atom is -0.480 e. The topological polar surface area (TPSA) is 52.0 Å². The van der Waals surface area contributed by atoms with Crippen molar-refractivity contribution < 1.29 is 4.74 Å². The van der Waals surface area contributed by atoms with Gasteiger partial charge in [-0.1, -0.05) is 54.6 Å². The first kappa shape index (κ1) is 18.3. The highest BCUT2D eigenvalue weighted by atomic mass is 32.2.